The lowest BCUT2D eigenvalue weighted by Gasteiger charge is -2.22. The summed E-state index contributed by atoms with van der Waals surface area (Å²) in [7, 11) is 0. The van der Waals surface area contributed by atoms with Crippen LogP contribution in [0.3, 0.4) is 0 Å². The first kappa shape index (κ1) is 11.5. The number of anilines is 1. The summed E-state index contributed by atoms with van der Waals surface area (Å²) >= 11 is 1.35. The molecule has 1 atom stereocenters. The molecule has 1 aromatic heterocycles. The number of piperidine rings is 1. The van der Waals surface area contributed by atoms with Crippen LogP contribution in [0.2, 0.25) is 0 Å². The van der Waals surface area contributed by atoms with Gasteiger partial charge in [-0.3, -0.25) is 4.79 Å². The summed E-state index contributed by atoms with van der Waals surface area (Å²) in [6.45, 7) is 2.17. The number of hydrogen-bond acceptors (Lipinski definition) is 5. The third-order valence-corrected chi connectivity index (χ3v) is 3.39. The van der Waals surface area contributed by atoms with Gasteiger partial charge in [0.05, 0.1) is 0 Å². The number of aromatic nitrogens is 2. The second kappa shape index (κ2) is 5.91. The van der Waals surface area contributed by atoms with E-state index in [0.717, 1.165) is 19.5 Å². The van der Waals surface area contributed by atoms with Crippen LogP contribution in [0.4, 0.5) is 5.13 Å². The second-order valence-electron chi connectivity index (χ2n) is 4.04. The van der Waals surface area contributed by atoms with Crippen molar-refractivity contribution in [1.29, 1.82) is 0 Å². The highest BCUT2D eigenvalue weighted by Crippen LogP contribution is 2.16. The SMILES string of the molecule is O=C(CCC1CCCNC1)Nc1nncs1. The molecule has 2 N–H and O–H groups in total. The van der Waals surface area contributed by atoms with Crippen molar-refractivity contribution in [2.45, 2.75) is 25.7 Å². The van der Waals surface area contributed by atoms with Gasteiger partial charge in [-0.2, -0.15) is 0 Å². The van der Waals surface area contributed by atoms with Gasteiger partial charge in [-0.15, -0.1) is 10.2 Å². The van der Waals surface area contributed by atoms with Crippen LogP contribution >= 0.6 is 11.3 Å². The zero-order chi connectivity index (χ0) is 11.2. The van der Waals surface area contributed by atoms with Gasteiger partial charge >= 0.3 is 0 Å². The predicted octanol–water partition coefficient (Wildman–Crippen LogP) is 1.26. The van der Waals surface area contributed by atoms with Gasteiger partial charge in [-0.1, -0.05) is 11.3 Å². The predicted molar refractivity (Wildman–Crippen MR) is 63.4 cm³/mol. The van der Waals surface area contributed by atoms with Crippen molar-refractivity contribution in [3.63, 3.8) is 0 Å². The monoisotopic (exact) mass is 240 g/mol. The van der Waals surface area contributed by atoms with Gasteiger partial charge in [0.25, 0.3) is 0 Å². The first-order valence-corrected chi connectivity index (χ1v) is 6.49. The molecule has 1 unspecified atom stereocenters. The molecule has 1 fully saturated rings. The summed E-state index contributed by atoms with van der Waals surface area (Å²) in [5.41, 5.74) is 1.61. The average Bonchev–Trinajstić information content (AvgIpc) is 2.81. The van der Waals surface area contributed by atoms with E-state index in [0.29, 0.717) is 17.5 Å². The van der Waals surface area contributed by atoms with Crippen molar-refractivity contribution in [2.75, 3.05) is 18.4 Å². The molecule has 0 radical (unpaired) electrons. The Morgan fingerprint density at radius 3 is 3.31 bits per heavy atom. The first-order chi connectivity index (χ1) is 7.84. The summed E-state index contributed by atoms with van der Waals surface area (Å²) in [6, 6.07) is 0. The van der Waals surface area contributed by atoms with Crippen molar-refractivity contribution in [3.05, 3.63) is 5.51 Å². The van der Waals surface area contributed by atoms with E-state index < -0.39 is 0 Å². The molecular formula is C10H16N4OS. The topological polar surface area (TPSA) is 66.9 Å². The van der Waals surface area contributed by atoms with E-state index in [1.54, 1.807) is 5.51 Å². The molecule has 1 amide bonds. The Bertz CT molecular complexity index is 322. The molecule has 0 bridgehead atoms. The third kappa shape index (κ3) is 3.53. The Morgan fingerprint density at radius 1 is 1.69 bits per heavy atom. The fourth-order valence-corrected chi connectivity index (χ4v) is 2.38. The maximum Gasteiger partial charge on any atom is 0.226 e. The van der Waals surface area contributed by atoms with Gasteiger partial charge in [0.15, 0.2) is 0 Å². The molecule has 5 nitrogen and oxygen atoms in total. The average molecular weight is 240 g/mol. The van der Waals surface area contributed by atoms with E-state index in [-0.39, 0.29) is 5.91 Å². The minimum Gasteiger partial charge on any atom is -0.316 e. The summed E-state index contributed by atoms with van der Waals surface area (Å²) < 4.78 is 0. The molecule has 2 rings (SSSR count). The fraction of sp³-hybridized carbons (Fsp3) is 0.700. The van der Waals surface area contributed by atoms with Crippen molar-refractivity contribution in [3.8, 4) is 0 Å². The van der Waals surface area contributed by atoms with Gasteiger partial charge in [0.1, 0.15) is 5.51 Å². The molecule has 1 aromatic rings. The second-order valence-corrected chi connectivity index (χ2v) is 4.88. The van der Waals surface area contributed by atoms with E-state index in [1.165, 1.54) is 24.2 Å². The van der Waals surface area contributed by atoms with E-state index in [9.17, 15) is 4.79 Å². The molecule has 1 aliphatic rings. The van der Waals surface area contributed by atoms with Crippen molar-refractivity contribution >= 4 is 22.4 Å². The summed E-state index contributed by atoms with van der Waals surface area (Å²) in [5, 5.41) is 14.1. The van der Waals surface area contributed by atoms with Gasteiger partial charge in [-0.05, 0) is 38.3 Å². The van der Waals surface area contributed by atoms with Gasteiger partial charge in [0, 0.05) is 6.42 Å². The lowest BCUT2D eigenvalue weighted by atomic mass is 9.94. The Kier molecular flexibility index (Phi) is 4.24. The summed E-state index contributed by atoms with van der Waals surface area (Å²) in [4.78, 5) is 11.6. The molecule has 6 heteroatoms. The lowest BCUT2D eigenvalue weighted by Crippen LogP contribution is -2.30. The minimum absolute atomic E-state index is 0.0438. The van der Waals surface area contributed by atoms with Crippen LogP contribution in [0.25, 0.3) is 0 Å². The third-order valence-electron chi connectivity index (χ3n) is 2.78. The zero-order valence-corrected chi connectivity index (χ0v) is 9.92. The number of carbonyl (C=O) groups is 1. The smallest absolute Gasteiger partial charge is 0.226 e. The van der Waals surface area contributed by atoms with Crippen molar-refractivity contribution in [1.82, 2.24) is 15.5 Å². The first-order valence-electron chi connectivity index (χ1n) is 5.61. The van der Waals surface area contributed by atoms with Crippen LogP contribution in [-0.2, 0) is 4.79 Å². The number of amides is 1. The van der Waals surface area contributed by atoms with Crippen LogP contribution in [-0.4, -0.2) is 29.2 Å². The molecular weight excluding hydrogens is 224 g/mol. The highest BCUT2D eigenvalue weighted by molar-refractivity contribution is 7.13. The number of nitrogens with zero attached hydrogens (tertiary/aromatic N) is 2. The van der Waals surface area contributed by atoms with Crippen LogP contribution in [0, 0.1) is 5.92 Å². The van der Waals surface area contributed by atoms with Crippen molar-refractivity contribution < 1.29 is 4.79 Å². The molecule has 0 aliphatic carbocycles. The highest BCUT2D eigenvalue weighted by atomic mass is 32.1. The zero-order valence-electron chi connectivity index (χ0n) is 9.11. The molecule has 0 saturated carbocycles. The quantitative estimate of drug-likeness (QED) is 0.831. The normalized spacial score (nSPS) is 20.6. The fourth-order valence-electron chi connectivity index (χ4n) is 1.91. The Hall–Kier alpha value is -1.01. The maximum absolute atomic E-state index is 11.6. The number of hydrogen-bond donors (Lipinski definition) is 2. The van der Waals surface area contributed by atoms with Crippen LogP contribution < -0.4 is 10.6 Å². The van der Waals surface area contributed by atoms with Gasteiger partial charge in [0.2, 0.25) is 11.0 Å². The molecule has 0 aromatic carbocycles. The standard InChI is InChI=1S/C10H16N4OS/c15-9(13-10-14-12-7-16-10)4-3-8-2-1-5-11-6-8/h7-8,11H,1-6H2,(H,13,14,15). The van der Waals surface area contributed by atoms with E-state index in [4.69, 9.17) is 0 Å². The molecule has 88 valence electrons. The molecule has 0 spiro atoms. The minimum atomic E-state index is 0.0438. The maximum atomic E-state index is 11.6. The Morgan fingerprint density at radius 2 is 2.62 bits per heavy atom. The van der Waals surface area contributed by atoms with E-state index in [1.807, 2.05) is 0 Å². The van der Waals surface area contributed by atoms with Gasteiger partial charge in [-0.25, -0.2) is 0 Å². The molecule has 16 heavy (non-hydrogen) atoms. The Balaban J connectivity index is 1.67. The lowest BCUT2D eigenvalue weighted by molar-refractivity contribution is -0.116. The molecule has 1 saturated heterocycles. The van der Waals surface area contributed by atoms with Crippen molar-refractivity contribution in [2.24, 2.45) is 5.92 Å². The number of carbonyl (C=O) groups excluding carboxylic acids is 1. The van der Waals surface area contributed by atoms with Gasteiger partial charge < -0.3 is 10.6 Å². The van der Waals surface area contributed by atoms with Crippen LogP contribution in [0.1, 0.15) is 25.7 Å². The molecule has 2 heterocycles. The number of rotatable bonds is 4. The Labute approximate surface area is 98.7 Å². The van der Waals surface area contributed by atoms with Crippen LogP contribution in [0.15, 0.2) is 5.51 Å². The van der Waals surface area contributed by atoms with E-state index in [2.05, 4.69) is 20.8 Å². The summed E-state index contributed by atoms with van der Waals surface area (Å²) in [6.07, 6.45) is 3.99. The van der Waals surface area contributed by atoms with Crippen LogP contribution in [0.5, 0.6) is 0 Å². The van der Waals surface area contributed by atoms with E-state index >= 15 is 0 Å². The molecule has 1 aliphatic heterocycles. The highest BCUT2D eigenvalue weighted by Gasteiger charge is 2.14. The largest absolute Gasteiger partial charge is 0.316 e. The summed E-state index contributed by atoms with van der Waals surface area (Å²) in [5.74, 6) is 0.691. The number of nitrogens with one attached hydrogen (secondary N) is 2.